The van der Waals surface area contributed by atoms with Crippen molar-refractivity contribution in [1.82, 2.24) is 10.1 Å². The third-order valence-corrected chi connectivity index (χ3v) is 5.81. The number of aryl methyl sites for hydroxylation is 2. The summed E-state index contributed by atoms with van der Waals surface area (Å²) >= 11 is 0. The van der Waals surface area contributed by atoms with Gasteiger partial charge in [0, 0.05) is 31.1 Å². The van der Waals surface area contributed by atoms with Crippen LogP contribution in [0.4, 0.5) is 0 Å². The van der Waals surface area contributed by atoms with Gasteiger partial charge in [0.15, 0.2) is 0 Å². The second kappa shape index (κ2) is 8.05. The van der Waals surface area contributed by atoms with Crippen molar-refractivity contribution in [3.63, 3.8) is 0 Å². The van der Waals surface area contributed by atoms with E-state index in [4.69, 9.17) is 13.7 Å². The fraction of sp³-hybridized carbons (Fsp3) is 0.435. The number of ether oxygens (including phenoxy) is 1. The smallest absolute Gasteiger partial charge is 0.140 e. The number of likely N-dealkylation sites (tertiary alicyclic amines) is 1. The molecule has 29 heavy (non-hydrogen) atoms. The van der Waals surface area contributed by atoms with Crippen LogP contribution in [0.1, 0.15) is 35.7 Å². The molecule has 3 aromatic rings. The topological polar surface area (TPSA) is 71.9 Å². The van der Waals surface area contributed by atoms with E-state index in [9.17, 15) is 5.11 Å². The predicted octanol–water partition coefficient (Wildman–Crippen LogP) is 4.13. The molecule has 1 fully saturated rings. The third kappa shape index (κ3) is 4.54. The highest BCUT2D eigenvalue weighted by molar-refractivity contribution is 5.60. The molecule has 1 aromatic carbocycles. The van der Waals surface area contributed by atoms with Crippen LogP contribution in [-0.4, -0.2) is 41.0 Å². The van der Waals surface area contributed by atoms with Gasteiger partial charge in [-0.2, -0.15) is 0 Å². The molecule has 0 unspecified atom stereocenters. The standard InChI is InChI=1S/C23H28N2O4/c1-16-11-21(28-17(16)2)15-25-9-7-23(26,8-10-25)14-20-13-22(24-29-20)18-5-4-6-19(12-18)27-3/h4-6,11-13,26H,7-10,14-15H2,1-3H3. The first-order valence-electron chi connectivity index (χ1n) is 10.0. The highest BCUT2D eigenvalue weighted by Crippen LogP contribution is 2.30. The Hall–Kier alpha value is -2.57. The molecule has 0 atom stereocenters. The molecule has 3 heterocycles. The van der Waals surface area contributed by atoms with E-state index in [1.54, 1.807) is 7.11 Å². The zero-order valence-corrected chi connectivity index (χ0v) is 17.3. The van der Waals surface area contributed by atoms with Crippen molar-refractivity contribution in [2.45, 2.75) is 45.3 Å². The van der Waals surface area contributed by atoms with Crippen LogP contribution in [0.15, 0.2) is 45.3 Å². The SMILES string of the molecule is COc1cccc(-c2cc(CC3(O)CCN(Cc4cc(C)c(C)o4)CC3)on2)c1. The number of piperidine rings is 1. The van der Waals surface area contributed by atoms with Crippen molar-refractivity contribution in [2.24, 2.45) is 0 Å². The maximum Gasteiger partial charge on any atom is 0.140 e. The van der Waals surface area contributed by atoms with Crippen LogP contribution >= 0.6 is 0 Å². The third-order valence-electron chi connectivity index (χ3n) is 5.81. The summed E-state index contributed by atoms with van der Waals surface area (Å²) in [7, 11) is 1.64. The summed E-state index contributed by atoms with van der Waals surface area (Å²) in [5.41, 5.74) is 2.11. The van der Waals surface area contributed by atoms with Gasteiger partial charge in [0.05, 0.1) is 19.3 Å². The Morgan fingerprint density at radius 3 is 2.62 bits per heavy atom. The second-order valence-corrected chi connectivity index (χ2v) is 8.04. The van der Waals surface area contributed by atoms with Gasteiger partial charge in [0.2, 0.25) is 0 Å². The van der Waals surface area contributed by atoms with E-state index in [1.165, 1.54) is 5.56 Å². The van der Waals surface area contributed by atoms with E-state index in [0.717, 1.165) is 48.2 Å². The van der Waals surface area contributed by atoms with Crippen LogP contribution in [0.25, 0.3) is 11.3 Å². The van der Waals surface area contributed by atoms with Crippen molar-refractivity contribution in [2.75, 3.05) is 20.2 Å². The quantitative estimate of drug-likeness (QED) is 0.675. The maximum absolute atomic E-state index is 11.1. The molecule has 0 amide bonds. The summed E-state index contributed by atoms with van der Waals surface area (Å²) < 4.78 is 16.6. The van der Waals surface area contributed by atoms with Gasteiger partial charge in [0.25, 0.3) is 0 Å². The van der Waals surface area contributed by atoms with Crippen LogP contribution in [-0.2, 0) is 13.0 Å². The average molecular weight is 396 g/mol. The molecule has 1 aliphatic heterocycles. The maximum atomic E-state index is 11.1. The average Bonchev–Trinajstić information content (AvgIpc) is 3.30. The van der Waals surface area contributed by atoms with Gasteiger partial charge in [0.1, 0.15) is 28.7 Å². The van der Waals surface area contributed by atoms with E-state index in [0.29, 0.717) is 25.0 Å². The van der Waals surface area contributed by atoms with Gasteiger partial charge in [-0.05, 0) is 50.5 Å². The van der Waals surface area contributed by atoms with E-state index in [1.807, 2.05) is 37.3 Å². The van der Waals surface area contributed by atoms with Gasteiger partial charge >= 0.3 is 0 Å². The molecular formula is C23H28N2O4. The van der Waals surface area contributed by atoms with E-state index < -0.39 is 5.60 Å². The lowest BCUT2D eigenvalue weighted by molar-refractivity contribution is -0.0277. The number of benzene rings is 1. The fourth-order valence-corrected chi connectivity index (χ4v) is 3.89. The Labute approximate surface area is 171 Å². The Morgan fingerprint density at radius 1 is 1.14 bits per heavy atom. The molecular weight excluding hydrogens is 368 g/mol. The summed E-state index contributed by atoms with van der Waals surface area (Å²) in [6, 6.07) is 11.7. The van der Waals surface area contributed by atoms with Crippen molar-refractivity contribution >= 4 is 0 Å². The van der Waals surface area contributed by atoms with Crippen LogP contribution in [0.5, 0.6) is 5.75 Å². The lowest BCUT2D eigenvalue weighted by atomic mass is 9.87. The fourth-order valence-electron chi connectivity index (χ4n) is 3.89. The number of hydrogen-bond donors (Lipinski definition) is 1. The van der Waals surface area contributed by atoms with Crippen molar-refractivity contribution in [1.29, 1.82) is 0 Å². The molecule has 0 radical (unpaired) electrons. The van der Waals surface area contributed by atoms with Gasteiger partial charge in [-0.25, -0.2) is 0 Å². The Balaban J connectivity index is 1.36. The lowest BCUT2D eigenvalue weighted by Crippen LogP contribution is -2.45. The highest BCUT2D eigenvalue weighted by Gasteiger charge is 2.34. The molecule has 0 aliphatic carbocycles. The summed E-state index contributed by atoms with van der Waals surface area (Å²) in [6.45, 7) is 6.49. The Morgan fingerprint density at radius 2 is 1.93 bits per heavy atom. The summed E-state index contributed by atoms with van der Waals surface area (Å²) in [4.78, 5) is 2.33. The van der Waals surface area contributed by atoms with Crippen LogP contribution in [0.3, 0.4) is 0 Å². The largest absolute Gasteiger partial charge is 0.497 e. The first kappa shape index (κ1) is 19.7. The predicted molar refractivity (Wildman–Crippen MR) is 110 cm³/mol. The minimum atomic E-state index is -0.767. The van der Waals surface area contributed by atoms with E-state index in [2.05, 4.69) is 23.0 Å². The molecule has 0 spiro atoms. The summed E-state index contributed by atoms with van der Waals surface area (Å²) in [5.74, 6) is 3.45. The molecule has 2 aromatic heterocycles. The number of furan rings is 1. The zero-order valence-electron chi connectivity index (χ0n) is 17.3. The molecule has 0 bridgehead atoms. The Bertz CT molecular complexity index is 947. The van der Waals surface area contributed by atoms with Crippen molar-refractivity contribution in [3.05, 3.63) is 59.2 Å². The van der Waals surface area contributed by atoms with Gasteiger partial charge in [-0.3, -0.25) is 4.90 Å². The van der Waals surface area contributed by atoms with E-state index >= 15 is 0 Å². The molecule has 4 rings (SSSR count). The Kier molecular flexibility index (Phi) is 5.48. The minimum absolute atomic E-state index is 0.469. The highest BCUT2D eigenvalue weighted by atomic mass is 16.5. The van der Waals surface area contributed by atoms with Crippen LogP contribution < -0.4 is 4.74 Å². The number of hydrogen-bond acceptors (Lipinski definition) is 6. The molecule has 6 heteroatoms. The van der Waals surface area contributed by atoms with Crippen LogP contribution in [0.2, 0.25) is 0 Å². The molecule has 1 N–H and O–H groups in total. The van der Waals surface area contributed by atoms with Gasteiger partial charge in [-0.15, -0.1) is 0 Å². The number of rotatable bonds is 6. The van der Waals surface area contributed by atoms with Crippen molar-refractivity contribution < 1.29 is 18.8 Å². The van der Waals surface area contributed by atoms with Gasteiger partial charge < -0.3 is 18.8 Å². The molecule has 0 saturated carbocycles. The second-order valence-electron chi connectivity index (χ2n) is 8.04. The molecule has 154 valence electrons. The molecule has 1 saturated heterocycles. The van der Waals surface area contributed by atoms with E-state index in [-0.39, 0.29) is 0 Å². The zero-order chi connectivity index (χ0) is 20.4. The lowest BCUT2D eigenvalue weighted by Gasteiger charge is -2.37. The van der Waals surface area contributed by atoms with Gasteiger partial charge in [-0.1, -0.05) is 17.3 Å². The molecule has 1 aliphatic rings. The normalized spacial score (nSPS) is 16.8. The summed E-state index contributed by atoms with van der Waals surface area (Å²) in [6.07, 6.45) is 1.86. The number of aliphatic hydroxyl groups is 1. The van der Waals surface area contributed by atoms with Crippen LogP contribution in [0, 0.1) is 13.8 Å². The minimum Gasteiger partial charge on any atom is -0.497 e. The number of methoxy groups -OCH3 is 1. The number of aromatic nitrogens is 1. The van der Waals surface area contributed by atoms with Crippen molar-refractivity contribution in [3.8, 4) is 17.0 Å². The molecule has 6 nitrogen and oxygen atoms in total. The monoisotopic (exact) mass is 396 g/mol. The first-order valence-corrected chi connectivity index (χ1v) is 10.0. The summed E-state index contributed by atoms with van der Waals surface area (Å²) in [5, 5.41) is 15.2. The number of nitrogens with zero attached hydrogens (tertiary/aromatic N) is 2. The first-order chi connectivity index (χ1) is 13.9.